The third-order valence-electron chi connectivity index (χ3n) is 2.67. The third-order valence-corrected chi connectivity index (χ3v) is 2.67. The van der Waals surface area contributed by atoms with Gasteiger partial charge < -0.3 is 21.3 Å². The zero-order chi connectivity index (χ0) is 14.7. The molecule has 2 aromatic rings. The Labute approximate surface area is 114 Å². The van der Waals surface area contributed by atoms with E-state index >= 15 is 0 Å². The molecule has 0 fully saturated rings. The summed E-state index contributed by atoms with van der Waals surface area (Å²) in [6.45, 7) is 0. The smallest absolute Gasteiger partial charge is 0.348 e. The summed E-state index contributed by atoms with van der Waals surface area (Å²) in [6.07, 6.45) is 0. The van der Waals surface area contributed by atoms with Crippen LogP contribution in [0.3, 0.4) is 0 Å². The van der Waals surface area contributed by atoms with Crippen LogP contribution in [0.1, 0.15) is 20.7 Å². The number of phenolic OH excluding ortho intramolecular Hbond substituents is 1. The molecule has 0 aromatic heterocycles. The number of para-hydroxylation sites is 2. The lowest BCUT2D eigenvalue weighted by Crippen LogP contribution is -2.15. The Morgan fingerprint density at radius 2 is 1.50 bits per heavy atom. The van der Waals surface area contributed by atoms with Gasteiger partial charge in [0.2, 0.25) is 0 Å². The summed E-state index contributed by atoms with van der Waals surface area (Å²) < 4.78 is 4.69. The SMILES string of the molecule is Nc1ccccc1C(=O)OC(=O)c1cccc(O)c1N. The highest BCUT2D eigenvalue weighted by atomic mass is 16.6. The van der Waals surface area contributed by atoms with Crippen LogP contribution in [0.25, 0.3) is 0 Å². The number of aromatic hydroxyl groups is 1. The maximum Gasteiger partial charge on any atom is 0.348 e. The number of nitrogen functional groups attached to an aromatic ring is 2. The number of phenols is 1. The predicted molar refractivity (Wildman–Crippen MR) is 73.1 cm³/mol. The van der Waals surface area contributed by atoms with Crippen molar-refractivity contribution in [1.82, 2.24) is 0 Å². The molecule has 102 valence electrons. The Hall–Kier alpha value is -3.02. The highest BCUT2D eigenvalue weighted by Gasteiger charge is 2.19. The maximum absolute atomic E-state index is 11.8. The summed E-state index contributed by atoms with van der Waals surface area (Å²) >= 11 is 0. The van der Waals surface area contributed by atoms with E-state index in [1.165, 1.54) is 30.3 Å². The number of benzene rings is 2. The van der Waals surface area contributed by atoms with E-state index in [4.69, 9.17) is 16.2 Å². The van der Waals surface area contributed by atoms with Crippen molar-refractivity contribution in [3.05, 3.63) is 53.6 Å². The van der Waals surface area contributed by atoms with Crippen LogP contribution in [0.5, 0.6) is 5.75 Å². The fourth-order valence-corrected chi connectivity index (χ4v) is 1.61. The van der Waals surface area contributed by atoms with E-state index in [0.29, 0.717) is 0 Å². The first kappa shape index (κ1) is 13.4. The van der Waals surface area contributed by atoms with Gasteiger partial charge in [-0.3, -0.25) is 0 Å². The number of hydrogen-bond donors (Lipinski definition) is 3. The topological polar surface area (TPSA) is 116 Å². The molecule has 0 amide bonds. The summed E-state index contributed by atoms with van der Waals surface area (Å²) in [7, 11) is 0. The van der Waals surface area contributed by atoms with Crippen LogP contribution >= 0.6 is 0 Å². The highest BCUT2D eigenvalue weighted by Crippen LogP contribution is 2.24. The van der Waals surface area contributed by atoms with Gasteiger partial charge >= 0.3 is 11.9 Å². The standard InChI is InChI=1S/C14H12N2O4/c15-10-6-2-1-4-8(10)13(18)20-14(19)9-5-3-7-11(17)12(9)16/h1-7,17H,15-16H2. The van der Waals surface area contributed by atoms with Crippen molar-refractivity contribution in [2.24, 2.45) is 0 Å². The van der Waals surface area contributed by atoms with Gasteiger partial charge in [-0.25, -0.2) is 9.59 Å². The first-order valence-corrected chi connectivity index (χ1v) is 5.69. The lowest BCUT2D eigenvalue weighted by molar-refractivity contribution is 0.0399. The second-order valence-electron chi connectivity index (χ2n) is 4.00. The fourth-order valence-electron chi connectivity index (χ4n) is 1.61. The lowest BCUT2D eigenvalue weighted by Gasteiger charge is -2.07. The van der Waals surface area contributed by atoms with Gasteiger partial charge in [0, 0.05) is 5.69 Å². The number of carbonyl (C=O) groups excluding carboxylic acids is 2. The van der Waals surface area contributed by atoms with Gasteiger partial charge in [-0.1, -0.05) is 18.2 Å². The molecule has 0 atom stereocenters. The molecular formula is C14H12N2O4. The second kappa shape index (κ2) is 5.31. The van der Waals surface area contributed by atoms with E-state index in [-0.39, 0.29) is 28.3 Å². The summed E-state index contributed by atoms with van der Waals surface area (Å²) in [5, 5.41) is 9.41. The highest BCUT2D eigenvalue weighted by molar-refractivity contribution is 6.07. The van der Waals surface area contributed by atoms with Crippen LogP contribution < -0.4 is 11.5 Å². The largest absolute Gasteiger partial charge is 0.506 e. The Morgan fingerprint density at radius 3 is 2.20 bits per heavy atom. The molecule has 0 aliphatic heterocycles. The first-order chi connectivity index (χ1) is 9.50. The zero-order valence-corrected chi connectivity index (χ0v) is 10.4. The second-order valence-corrected chi connectivity index (χ2v) is 4.00. The van der Waals surface area contributed by atoms with Gasteiger partial charge in [0.05, 0.1) is 16.8 Å². The van der Waals surface area contributed by atoms with E-state index in [1.807, 2.05) is 0 Å². The van der Waals surface area contributed by atoms with E-state index in [0.717, 1.165) is 0 Å². The predicted octanol–water partition coefficient (Wildman–Crippen LogP) is 1.55. The number of esters is 2. The van der Waals surface area contributed by atoms with Crippen LogP contribution in [0.15, 0.2) is 42.5 Å². The summed E-state index contributed by atoms with van der Waals surface area (Å²) in [4.78, 5) is 23.7. The van der Waals surface area contributed by atoms with Crippen LogP contribution in [-0.2, 0) is 4.74 Å². The minimum absolute atomic E-state index is 0.0829. The van der Waals surface area contributed by atoms with Gasteiger partial charge in [0.1, 0.15) is 5.75 Å². The zero-order valence-electron chi connectivity index (χ0n) is 10.4. The molecule has 0 radical (unpaired) electrons. The molecule has 0 aliphatic rings. The minimum atomic E-state index is -0.952. The van der Waals surface area contributed by atoms with Crippen molar-refractivity contribution < 1.29 is 19.4 Å². The number of anilines is 2. The Morgan fingerprint density at radius 1 is 0.900 bits per heavy atom. The summed E-state index contributed by atoms with van der Waals surface area (Å²) in [6, 6.07) is 10.3. The lowest BCUT2D eigenvalue weighted by atomic mass is 10.1. The quantitative estimate of drug-likeness (QED) is 0.330. The van der Waals surface area contributed by atoms with Crippen molar-refractivity contribution in [2.75, 3.05) is 11.5 Å². The van der Waals surface area contributed by atoms with Crippen molar-refractivity contribution in [2.45, 2.75) is 0 Å². The third kappa shape index (κ3) is 2.54. The fraction of sp³-hybridized carbons (Fsp3) is 0. The number of hydrogen-bond acceptors (Lipinski definition) is 6. The van der Waals surface area contributed by atoms with Gasteiger partial charge in [-0.05, 0) is 24.3 Å². The molecule has 0 saturated heterocycles. The van der Waals surface area contributed by atoms with Crippen LogP contribution in [-0.4, -0.2) is 17.0 Å². The maximum atomic E-state index is 11.8. The van der Waals surface area contributed by atoms with E-state index in [1.54, 1.807) is 12.1 Å². The van der Waals surface area contributed by atoms with Gasteiger partial charge in [0.15, 0.2) is 0 Å². The van der Waals surface area contributed by atoms with Crippen molar-refractivity contribution in [3.8, 4) is 5.75 Å². The molecule has 0 unspecified atom stereocenters. The summed E-state index contributed by atoms with van der Waals surface area (Å²) in [5.74, 6) is -2.09. The van der Waals surface area contributed by atoms with E-state index < -0.39 is 11.9 Å². The van der Waals surface area contributed by atoms with Crippen LogP contribution in [0, 0.1) is 0 Å². The van der Waals surface area contributed by atoms with E-state index in [2.05, 4.69) is 0 Å². The number of ether oxygens (including phenoxy) is 1. The first-order valence-electron chi connectivity index (χ1n) is 5.69. The normalized spacial score (nSPS) is 10.0. The molecule has 0 heterocycles. The van der Waals surface area contributed by atoms with Crippen molar-refractivity contribution in [1.29, 1.82) is 0 Å². The molecule has 0 spiro atoms. The molecule has 2 aromatic carbocycles. The van der Waals surface area contributed by atoms with Crippen LogP contribution in [0.4, 0.5) is 11.4 Å². The van der Waals surface area contributed by atoms with Crippen molar-refractivity contribution >= 4 is 23.3 Å². The van der Waals surface area contributed by atoms with E-state index in [9.17, 15) is 14.7 Å². The van der Waals surface area contributed by atoms with Crippen molar-refractivity contribution in [3.63, 3.8) is 0 Å². The number of carbonyl (C=O) groups is 2. The monoisotopic (exact) mass is 272 g/mol. The Bertz CT molecular complexity index is 683. The molecule has 0 bridgehead atoms. The molecule has 2 rings (SSSR count). The average Bonchev–Trinajstić information content (AvgIpc) is 2.42. The number of rotatable bonds is 2. The van der Waals surface area contributed by atoms with Gasteiger partial charge in [-0.2, -0.15) is 0 Å². The average molecular weight is 272 g/mol. The Balaban J connectivity index is 2.22. The van der Waals surface area contributed by atoms with Gasteiger partial charge in [-0.15, -0.1) is 0 Å². The molecule has 0 saturated carbocycles. The van der Waals surface area contributed by atoms with Gasteiger partial charge in [0.25, 0.3) is 0 Å². The molecule has 20 heavy (non-hydrogen) atoms. The number of nitrogens with two attached hydrogens (primary N) is 2. The molecular weight excluding hydrogens is 260 g/mol. The molecule has 5 N–H and O–H groups in total. The molecule has 6 heteroatoms. The molecule has 6 nitrogen and oxygen atoms in total. The summed E-state index contributed by atoms with van der Waals surface area (Å²) in [5.41, 5.74) is 11.2. The Kier molecular flexibility index (Phi) is 3.56. The minimum Gasteiger partial charge on any atom is -0.506 e. The molecule has 0 aliphatic carbocycles. The van der Waals surface area contributed by atoms with Crippen LogP contribution in [0.2, 0.25) is 0 Å².